The van der Waals surface area contributed by atoms with Crippen LogP contribution in [-0.2, 0) is 0 Å². The molecule has 0 bridgehead atoms. The van der Waals surface area contributed by atoms with Gasteiger partial charge in [-0.3, -0.25) is 4.79 Å². The molecule has 1 N–H and O–H groups in total. The lowest BCUT2D eigenvalue weighted by Gasteiger charge is -2.29. The average Bonchev–Trinajstić information content (AvgIpc) is 2.74. The predicted molar refractivity (Wildman–Crippen MR) is 107 cm³/mol. The van der Waals surface area contributed by atoms with Gasteiger partial charge in [-0.2, -0.15) is 0 Å². The normalized spacial score (nSPS) is 13.8. The minimum Gasteiger partial charge on any atom is -0.493 e. The van der Waals surface area contributed by atoms with Crippen molar-refractivity contribution in [2.75, 3.05) is 44.6 Å². The summed E-state index contributed by atoms with van der Waals surface area (Å²) in [5.41, 5.74) is 1.32. The fourth-order valence-corrected chi connectivity index (χ4v) is 3.36. The highest BCUT2D eigenvalue weighted by molar-refractivity contribution is 6.05. The van der Waals surface area contributed by atoms with Gasteiger partial charge in [0.1, 0.15) is 5.82 Å². The lowest BCUT2D eigenvalue weighted by molar-refractivity contribution is 0.102. The summed E-state index contributed by atoms with van der Waals surface area (Å²) in [6.45, 7) is 1.87. The number of carbonyl (C=O) groups excluding carboxylic acids is 1. The Morgan fingerprint density at radius 3 is 2.18 bits per heavy atom. The number of carbonyl (C=O) groups is 1. The Kier molecular flexibility index (Phi) is 6.23. The van der Waals surface area contributed by atoms with E-state index in [4.69, 9.17) is 14.2 Å². The molecular weight excluding hydrogens is 363 g/mol. The molecule has 0 aromatic heterocycles. The summed E-state index contributed by atoms with van der Waals surface area (Å²) in [7, 11) is 4.43. The van der Waals surface area contributed by atoms with Crippen LogP contribution in [0.15, 0.2) is 30.3 Å². The van der Waals surface area contributed by atoms with Gasteiger partial charge in [0.05, 0.1) is 27.0 Å². The molecule has 0 saturated carbocycles. The third-order valence-electron chi connectivity index (χ3n) is 4.85. The molecule has 1 aliphatic heterocycles. The van der Waals surface area contributed by atoms with Crippen molar-refractivity contribution in [3.63, 3.8) is 0 Å². The van der Waals surface area contributed by atoms with Crippen LogP contribution < -0.4 is 24.4 Å². The van der Waals surface area contributed by atoms with Crippen LogP contribution in [0.3, 0.4) is 0 Å². The van der Waals surface area contributed by atoms with Crippen molar-refractivity contribution in [3.8, 4) is 17.2 Å². The quantitative estimate of drug-likeness (QED) is 0.808. The van der Waals surface area contributed by atoms with E-state index in [-0.39, 0.29) is 11.3 Å². The highest BCUT2D eigenvalue weighted by Gasteiger charge is 2.19. The fourth-order valence-electron chi connectivity index (χ4n) is 3.36. The minimum absolute atomic E-state index is 0.141. The first-order valence-electron chi connectivity index (χ1n) is 9.23. The molecule has 0 spiro atoms. The predicted octanol–water partition coefficient (Wildman–Crippen LogP) is 4.09. The summed E-state index contributed by atoms with van der Waals surface area (Å²) < 4.78 is 30.1. The van der Waals surface area contributed by atoms with E-state index in [9.17, 15) is 9.18 Å². The van der Waals surface area contributed by atoms with Gasteiger partial charge >= 0.3 is 0 Å². The van der Waals surface area contributed by atoms with Gasteiger partial charge in [-0.05, 0) is 49.6 Å². The number of anilines is 2. The first-order valence-corrected chi connectivity index (χ1v) is 9.23. The number of amides is 1. The molecule has 1 saturated heterocycles. The van der Waals surface area contributed by atoms with Crippen LogP contribution in [0, 0.1) is 5.82 Å². The maximum atomic E-state index is 14.3. The molecule has 2 aromatic carbocycles. The first kappa shape index (κ1) is 19.8. The van der Waals surface area contributed by atoms with Gasteiger partial charge in [-0.1, -0.05) is 0 Å². The molecule has 150 valence electrons. The SMILES string of the molecule is COc1cc(C(=O)Nc2cc(N3CCCCC3)ccc2F)cc(OC)c1OC. The van der Waals surface area contributed by atoms with E-state index in [1.807, 2.05) is 0 Å². The number of nitrogens with zero attached hydrogens (tertiary/aromatic N) is 1. The third kappa shape index (κ3) is 4.13. The highest BCUT2D eigenvalue weighted by Crippen LogP contribution is 2.38. The molecule has 28 heavy (non-hydrogen) atoms. The van der Waals surface area contributed by atoms with Gasteiger partial charge in [0.25, 0.3) is 5.91 Å². The molecule has 0 atom stereocenters. The maximum Gasteiger partial charge on any atom is 0.256 e. The Morgan fingerprint density at radius 1 is 0.964 bits per heavy atom. The monoisotopic (exact) mass is 388 g/mol. The molecule has 0 aliphatic carbocycles. The van der Waals surface area contributed by atoms with Crippen LogP contribution in [-0.4, -0.2) is 40.3 Å². The summed E-state index contributed by atoms with van der Waals surface area (Å²) in [5.74, 6) is 0.152. The Morgan fingerprint density at radius 2 is 1.61 bits per heavy atom. The van der Waals surface area contributed by atoms with E-state index in [1.54, 1.807) is 12.1 Å². The number of nitrogens with one attached hydrogen (secondary N) is 1. The Balaban J connectivity index is 1.86. The van der Waals surface area contributed by atoms with Crippen molar-refractivity contribution in [2.45, 2.75) is 19.3 Å². The second-order valence-corrected chi connectivity index (χ2v) is 6.58. The third-order valence-corrected chi connectivity index (χ3v) is 4.85. The molecule has 1 amide bonds. The zero-order valence-corrected chi connectivity index (χ0v) is 16.4. The molecule has 6 nitrogen and oxygen atoms in total. The van der Waals surface area contributed by atoms with Gasteiger partial charge in [0, 0.05) is 24.3 Å². The van der Waals surface area contributed by atoms with E-state index in [2.05, 4.69) is 10.2 Å². The summed E-state index contributed by atoms with van der Waals surface area (Å²) >= 11 is 0. The van der Waals surface area contributed by atoms with Crippen molar-refractivity contribution in [3.05, 3.63) is 41.7 Å². The number of rotatable bonds is 6. The summed E-state index contributed by atoms with van der Waals surface area (Å²) in [5, 5.41) is 2.65. The highest BCUT2D eigenvalue weighted by atomic mass is 19.1. The smallest absolute Gasteiger partial charge is 0.256 e. The lowest BCUT2D eigenvalue weighted by Crippen LogP contribution is -2.29. The second kappa shape index (κ2) is 8.82. The number of hydrogen-bond acceptors (Lipinski definition) is 5. The van der Waals surface area contributed by atoms with Gasteiger partial charge < -0.3 is 24.4 Å². The number of benzene rings is 2. The van der Waals surface area contributed by atoms with Gasteiger partial charge in [0.2, 0.25) is 5.75 Å². The fraction of sp³-hybridized carbons (Fsp3) is 0.381. The van der Waals surface area contributed by atoms with Gasteiger partial charge in [-0.25, -0.2) is 4.39 Å². The van der Waals surface area contributed by atoms with Crippen LogP contribution in [0.25, 0.3) is 0 Å². The van der Waals surface area contributed by atoms with Crippen LogP contribution in [0.2, 0.25) is 0 Å². The van der Waals surface area contributed by atoms with Gasteiger partial charge in [0.15, 0.2) is 11.5 Å². The van der Waals surface area contributed by atoms with Crippen LogP contribution in [0.4, 0.5) is 15.8 Å². The Bertz CT molecular complexity index is 825. The summed E-state index contributed by atoms with van der Waals surface area (Å²) in [4.78, 5) is 15.0. The summed E-state index contributed by atoms with van der Waals surface area (Å²) in [6.07, 6.45) is 3.44. The molecule has 0 unspecified atom stereocenters. The molecule has 1 heterocycles. The van der Waals surface area contributed by atoms with Crippen molar-refractivity contribution in [1.82, 2.24) is 0 Å². The molecule has 3 rings (SSSR count). The van der Waals surface area contributed by atoms with Crippen molar-refractivity contribution < 1.29 is 23.4 Å². The standard InChI is InChI=1S/C21H25FN2O4/c1-26-18-11-14(12-19(27-2)20(18)28-3)21(25)23-17-13-15(7-8-16(17)22)24-9-5-4-6-10-24/h7-8,11-13H,4-6,9-10H2,1-3H3,(H,23,25). The Labute approximate surface area is 164 Å². The molecule has 7 heteroatoms. The minimum atomic E-state index is -0.485. The number of halogens is 1. The number of hydrogen-bond donors (Lipinski definition) is 1. The van der Waals surface area contributed by atoms with Crippen molar-refractivity contribution in [2.24, 2.45) is 0 Å². The second-order valence-electron chi connectivity index (χ2n) is 6.58. The van der Waals surface area contributed by atoms with Crippen molar-refractivity contribution in [1.29, 1.82) is 0 Å². The summed E-state index contributed by atoms with van der Waals surface area (Å²) in [6, 6.07) is 7.87. The molecule has 2 aromatic rings. The van der Waals surface area contributed by atoms with E-state index in [0.717, 1.165) is 31.6 Å². The topological polar surface area (TPSA) is 60.0 Å². The molecular formula is C21H25FN2O4. The van der Waals surface area contributed by atoms with Gasteiger partial charge in [-0.15, -0.1) is 0 Å². The van der Waals surface area contributed by atoms with Crippen LogP contribution in [0.5, 0.6) is 17.2 Å². The molecule has 1 aliphatic rings. The van der Waals surface area contributed by atoms with E-state index in [1.165, 1.54) is 45.9 Å². The van der Waals surface area contributed by atoms with E-state index >= 15 is 0 Å². The number of methoxy groups -OCH3 is 3. The average molecular weight is 388 g/mol. The lowest BCUT2D eigenvalue weighted by atomic mass is 10.1. The molecule has 1 fully saturated rings. The van der Waals surface area contributed by atoms with E-state index in [0.29, 0.717) is 17.2 Å². The largest absolute Gasteiger partial charge is 0.493 e. The zero-order valence-electron chi connectivity index (χ0n) is 16.4. The maximum absolute atomic E-state index is 14.3. The zero-order chi connectivity index (χ0) is 20.1. The van der Waals surface area contributed by atoms with Crippen molar-refractivity contribution >= 4 is 17.3 Å². The number of ether oxygens (including phenoxy) is 3. The molecule has 0 radical (unpaired) electrons. The van der Waals surface area contributed by atoms with E-state index < -0.39 is 11.7 Å². The Hall–Kier alpha value is -2.96. The van der Waals surface area contributed by atoms with Crippen LogP contribution in [0.1, 0.15) is 29.6 Å². The first-order chi connectivity index (χ1) is 13.6. The van der Waals surface area contributed by atoms with Crippen LogP contribution >= 0.6 is 0 Å². The number of piperidine rings is 1.